The summed E-state index contributed by atoms with van der Waals surface area (Å²) >= 11 is 0. The lowest BCUT2D eigenvalue weighted by atomic mass is 10.3. The van der Waals surface area contributed by atoms with Gasteiger partial charge in [0.2, 0.25) is 5.88 Å². The molecule has 2 rings (SSSR count). The first-order valence-corrected chi connectivity index (χ1v) is 6.37. The molecule has 0 unspecified atom stereocenters. The van der Waals surface area contributed by atoms with Gasteiger partial charge in [-0.05, 0) is 25.5 Å². The van der Waals surface area contributed by atoms with Crippen LogP contribution in [0.4, 0.5) is 5.82 Å². The summed E-state index contributed by atoms with van der Waals surface area (Å²) in [4.78, 5) is 13.0. The molecule has 2 aromatic heterocycles. The summed E-state index contributed by atoms with van der Waals surface area (Å²) < 4.78 is 5.79. The number of hydrogen-bond donors (Lipinski definition) is 1. The van der Waals surface area contributed by atoms with Crippen molar-refractivity contribution in [2.75, 3.05) is 12.4 Å². The van der Waals surface area contributed by atoms with E-state index in [1.807, 2.05) is 26.1 Å². The molecule has 0 amide bonds. The molecule has 1 N–H and O–H groups in total. The van der Waals surface area contributed by atoms with Crippen LogP contribution in [-0.2, 0) is 6.42 Å². The molecule has 5 nitrogen and oxygen atoms in total. The molecular weight excluding hydrogens is 240 g/mol. The Morgan fingerprint density at radius 1 is 1.32 bits per heavy atom. The Morgan fingerprint density at radius 2 is 2.16 bits per heavy atom. The summed E-state index contributed by atoms with van der Waals surface area (Å²) in [6, 6.07) is 3.69. The number of nitrogens with one attached hydrogen (secondary N) is 1. The molecule has 0 atom stereocenters. The van der Waals surface area contributed by atoms with Crippen molar-refractivity contribution < 1.29 is 4.74 Å². The first-order chi connectivity index (χ1) is 9.24. The van der Waals surface area contributed by atoms with Crippen molar-refractivity contribution in [3.8, 4) is 11.6 Å². The Labute approximate surface area is 113 Å². The SMILES string of the molecule is CCCc1nc(NC)c(C)c(Oc2cccnc2)n1. The first kappa shape index (κ1) is 13.3. The van der Waals surface area contributed by atoms with E-state index in [0.29, 0.717) is 11.6 Å². The summed E-state index contributed by atoms with van der Waals surface area (Å²) in [7, 11) is 1.85. The summed E-state index contributed by atoms with van der Waals surface area (Å²) in [6.07, 6.45) is 5.21. The Balaban J connectivity index is 2.35. The van der Waals surface area contributed by atoms with E-state index >= 15 is 0 Å². The maximum absolute atomic E-state index is 5.79. The number of rotatable bonds is 5. The molecule has 0 saturated carbocycles. The molecule has 2 aromatic rings. The van der Waals surface area contributed by atoms with E-state index < -0.39 is 0 Å². The molecule has 19 heavy (non-hydrogen) atoms. The highest BCUT2D eigenvalue weighted by atomic mass is 16.5. The van der Waals surface area contributed by atoms with Gasteiger partial charge >= 0.3 is 0 Å². The van der Waals surface area contributed by atoms with Crippen molar-refractivity contribution in [2.24, 2.45) is 0 Å². The van der Waals surface area contributed by atoms with Crippen LogP contribution in [0.5, 0.6) is 11.6 Å². The zero-order valence-electron chi connectivity index (χ0n) is 11.5. The lowest BCUT2D eigenvalue weighted by molar-refractivity contribution is 0.452. The molecule has 0 aromatic carbocycles. The summed E-state index contributed by atoms with van der Waals surface area (Å²) in [6.45, 7) is 4.04. The second kappa shape index (κ2) is 6.13. The van der Waals surface area contributed by atoms with Gasteiger partial charge in [0, 0.05) is 19.7 Å². The van der Waals surface area contributed by atoms with Gasteiger partial charge in [-0.3, -0.25) is 4.98 Å². The molecule has 0 fully saturated rings. The minimum absolute atomic E-state index is 0.579. The van der Waals surface area contributed by atoms with Crippen LogP contribution in [0.25, 0.3) is 0 Å². The maximum Gasteiger partial charge on any atom is 0.227 e. The van der Waals surface area contributed by atoms with Gasteiger partial charge in [0.1, 0.15) is 17.4 Å². The average Bonchev–Trinajstić information content (AvgIpc) is 2.43. The summed E-state index contributed by atoms with van der Waals surface area (Å²) in [5.74, 6) is 2.85. The molecule has 0 aliphatic heterocycles. The largest absolute Gasteiger partial charge is 0.437 e. The minimum Gasteiger partial charge on any atom is -0.437 e. The molecular formula is C14H18N4O. The fraction of sp³-hybridized carbons (Fsp3) is 0.357. The molecule has 100 valence electrons. The fourth-order valence-corrected chi connectivity index (χ4v) is 1.74. The highest BCUT2D eigenvalue weighted by Crippen LogP contribution is 2.26. The molecule has 2 heterocycles. The zero-order valence-corrected chi connectivity index (χ0v) is 11.5. The number of aryl methyl sites for hydroxylation is 1. The van der Waals surface area contributed by atoms with E-state index in [9.17, 15) is 0 Å². The summed E-state index contributed by atoms with van der Waals surface area (Å²) in [5.41, 5.74) is 0.895. The molecule has 0 bridgehead atoms. The summed E-state index contributed by atoms with van der Waals surface area (Å²) in [5, 5.41) is 3.07. The average molecular weight is 258 g/mol. The predicted molar refractivity (Wildman–Crippen MR) is 74.6 cm³/mol. The van der Waals surface area contributed by atoms with Gasteiger partial charge in [0.25, 0.3) is 0 Å². The normalized spacial score (nSPS) is 10.3. The smallest absolute Gasteiger partial charge is 0.227 e. The number of aromatic nitrogens is 3. The van der Waals surface area contributed by atoms with Crippen LogP contribution in [0.2, 0.25) is 0 Å². The van der Waals surface area contributed by atoms with E-state index in [-0.39, 0.29) is 0 Å². The van der Waals surface area contributed by atoms with Crippen LogP contribution in [-0.4, -0.2) is 22.0 Å². The predicted octanol–water partition coefficient (Wildman–Crippen LogP) is 2.97. The maximum atomic E-state index is 5.79. The van der Waals surface area contributed by atoms with Gasteiger partial charge in [0.05, 0.1) is 11.8 Å². The van der Waals surface area contributed by atoms with Crippen LogP contribution in [0.1, 0.15) is 24.7 Å². The number of anilines is 1. The minimum atomic E-state index is 0.579. The lowest BCUT2D eigenvalue weighted by Crippen LogP contribution is -2.05. The topological polar surface area (TPSA) is 59.9 Å². The van der Waals surface area contributed by atoms with E-state index in [4.69, 9.17) is 4.74 Å². The highest BCUT2D eigenvalue weighted by Gasteiger charge is 2.11. The van der Waals surface area contributed by atoms with Gasteiger partial charge < -0.3 is 10.1 Å². The van der Waals surface area contributed by atoms with E-state index in [0.717, 1.165) is 30.0 Å². The highest BCUT2D eigenvalue weighted by molar-refractivity contribution is 5.49. The van der Waals surface area contributed by atoms with Crippen LogP contribution in [0.3, 0.4) is 0 Å². The first-order valence-electron chi connectivity index (χ1n) is 6.37. The third-order valence-electron chi connectivity index (χ3n) is 2.71. The van der Waals surface area contributed by atoms with Crippen LogP contribution >= 0.6 is 0 Å². The third kappa shape index (κ3) is 3.19. The number of nitrogens with zero attached hydrogens (tertiary/aromatic N) is 3. The molecule has 5 heteroatoms. The number of hydrogen-bond acceptors (Lipinski definition) is 5. The molecule has 0 aliphatic rings. The quantitative estimate of drug-likeness (QED) is 0.893. The molecule has 0 radical (unpaired) electrons. The Bertz CT molecular complexity index is 543. The van der Waals surface area contributed by atoms with Crippen molar-refractivity contribution in [1.82, 2.24) is 15.0 Å². The monoisotopic (exact) mass is 258 g/mol. The fourth-order valence-electron chi connectivity index (χ4n) is 1.74. The van der Waals surface area contributed by atoms with E-state index in [1.54, 1.807) is 12.4 Å². The van der Waals surface area contributed by atoms with Crippen LogP contribution in [0.15, 0.2) is 24.5 Å². The van der Waals surface area contributed by atoms with Crippen molar-refractivity contribution in [2.45, 2.75) is 26.7 Å². The van der Waals surface area contributed by atoms with Crippen molar-refractivity contribution in [1.29, 1.82) is 0 Å². The Kier molecular flexibility index (Phi) is 4.28. The van der Waals surface area contributed by atoms with Crippen LogP contribution < -0.4 is 10.1 Å². The number of pyridine rings is 1. The number of ether oxygens (including phenoxy) is 1. The van der Waals surface area contributed by atoms with Gasteiger partial charge in [0.15, 0.2) is 0 Å². The van der Waals surface area contributed by atoms with Gasteiger partial charge in [-0.15, -0.1) is 0 Å². The van der Waals surface area contributed by atoms with Crippen LogP contribution in [0, 0.1) is 6.92 Å². The second-order valence-corrected chi connectivity index (χ2v) is 4.21. The third-order valence-corrected chi connectivity index (χ3v) is 2.71. The zero-order chi connectivity index (χ0) is 13.7. The van der Waals surface area contributed by atoms with Crippen molar-refractivity contribution >= 4 is 5.82 Å². The molecule has 0 saturated heterocycles. The van der Waals surface area contributed by atoms with Crippen molar-refractivity contribution in [3.05, 3.63) is 35.9 Å². The standard InChI is InChI=1S/C14H18N4O/c1-4-6-12-17-13(15-3)10(2)14(18-12)19-11-7-5-8-16-9-11/h5,7-9H,4,6H2,1-3H3,(H,15,17,18). The second-order valence-electron chi connectivity index (χ2n) is 4.21. The van der Waals surface area contributed by atoms with Crippen molar-refractivity contribution in [3.63, 3.8) is 0 Å². The Morgan fingerprint density at radius 3 is 2.79 bits per heavy atom. The van der Waals surface area contributed by atoms with Gasteiger partial charge in [-0.2, -0.15) is 4.98 Å². The van der Waals surface area contributed by atoms with E-state index in [2.05, 4.69) is 27.2 Å². The van der Waals surface area contributed by atoms with Gasteiger partial charge in [-0.1, -0.05) is 6.92 Å². The lowest BCUT2D eigenvalue weighted by Gasteiger charge is -2.12. The molecule has 0 spiro atoms. The Hall–Kier alpha value is -2.17. The van der Waals surface area contributed by atoms with Gasteiger partial charge in [-0.25, -0.2) is 4.98 Å². The molecule has 0 aliphatic carbocycles. The van der Waals surface area contributed by atoms with E-state index in [1.165, 1.54) is 0 Å².